The summed E-state index contributed by atoms with van der Waals surface area (Å²) in [5, 5.41) is 3.67. The Bertz CT molecular complexity index is 1750. The number of alkyl halides is 3. The summed E-state index contributed by atoms with van der Waals surface area (Å²) < 4.78 is 73.2. The van der Waals surface area contributed by atoms with Crippen LogP contribution in [0.1, 0.15) is 42.1 Å². The van der Waals surface area contributed by atoms with Gasteiger partial charge in [0.2, 0.25) is 5.72 Å². The SMILES string of the molecule is COc1cc(C=C2CC3(CSC3)CN3C2=NOC3(CC(C)S(C)(=O)=O)c2ccc(C(F)(F)F)cc2)ccc1-n1cnc(C)c1. The highest BCUT2D eigenvalue weighted by atomic mass is 32.2. The molecule has 13 heteroatoms. The van der Waals surface area contributed by atoms with E-state index < -0.39 is 32.6 Å². The Labute approximate surface area is 258 Å². The highest BCUT2D eigenvalue weighted by Gasteiger charge is 2.57. The fraction of sp³-hybridized carbons (Fsp3) is 0.419. The molecule has 2 unspecified atom stereocenters. The minimum atomic E-state index is -4.51. The molecule has 3 aliphatic heterocycles. The largest absolute Gasteiger partial charge is 0.495 e. The Morgan fingerprint density at radius 2 is 1.91 bits per heavy atom. The maximum Gasteiger partial charge on any atom is 0.416 e. The van der Waals surface area contributed by atoms with Crippen LogP contribution in [0.4, 0.5) is 13.2 Å². The number of ether oxygens (including phenoxy) is 1. The van der Waals surface area contributed by atoms with Crippen molar-refractivity contribution in [2.45, 2.75) is 43.8 Å². The lowest BCUT2D eigenvalue weighted by atomic mass is 9.77. The standard InChI is InChI=1S/C31H33F3N4O4S2/c1-20-15-37(19-35-20)26-10-5-22(12-27(26)41-3)11-23-14-29(17-43-18-29)16-38-28(23)36-42-30(38,13-21(2)44(4,39)40)24-6-8-25(9-7-24)31(32,33)34/h5-12,15,19,21H,13-14,16-18H2,1-4H3. The summed E-state index contributed by atoms with van der Waals surface area (Å²) in [7, 11) is -1.89. The normalized spacial score (nSPS) is 22.8. The predicted molar refractivity (Wildman–Crippen MR) is 164 cm³/mol. The number of aromatic nitrogens is 2. The van der Waals surface area contributed by atoms with Gasteiger partial charge in [0, 0.05) is 47.9 Å². The van der Waals surface area contributed by atoms with Crippen molar-refractivity contribution >= 4 is 33.5 Å². The van der Waals surface area contributed by atoms with Crippen LogP contribution in [0, 0.1) is 12.3 Å². The van der Waals surface area contributed by atoms with E-state index in [1.807, 2.05) is 58.6 Å². The Morgan fingerprint density at radius 3 is 2.48 bits per heavy atom. The number of rotatable bonds is 7. The van der Waals surface area contributed by atoms with E-state index in [0.717, 1.165) is 58.8 Å². The number of piperidine rings is 1. The van der Waals surface area contributed by atoms with Crippen molar-refractivity contribution in [1.82, 2.24) is 14.5 Å². The molecule has 0 N–H and O–H groups in total. The van der Waals surface area contributed by atoms with Gasteiger partial charge in [-0.15, -0.1) is 0 Å². The smallest absolute Gasteiger partial charge is 0.416 e. The van der Waals surface area contributed by atoms with Crippen LogP contribution >= 0.6 is 11.8 Å². The quantitative estimate of drug-likeness (QED) is 0.309. The Kier molecular flexibility index (Phi) is 7.55. The Hall–Kier alpha value is -3.45. The molecule has 6 rings (SSSR count). The van der Waals surface area contributed by atoms with Crippen molar-refractivity contribution < 1.29 is 31.2 Å². The average Bonchev–Trinajstić information content (AvgIpc) is 3.55. The number of halogens is 3. The van der Waals surface area contributed by atoms with Gasteiger partial charge in [-0.05, 0) is 61.7 Å². The first kappa shape index (κ1) is 30.6. The van der Waals surface area contributed by atoms with Gasteiger partial charge in [0.05, 0.1) is 35.6 Å². The van der Waals surface area contributed by atoms with E-state index in [4.69, 9.17) is 9.57 Å². The van der Waals surface area contributed by atoms with Gasteiger partial charge in [-0.3, -0.25) is 0 Å². The van der Waals surface area contributed by atoms with E-state index >= 15 is 0 Å². The zero-order valence-electron chi connectivity index (χ0n) is 24.8. The number of amidine groups is 1. The van der Waals surface area contributed by atoms with Crippen molar-refractivity contribution in [2.24, 2.45) is 10.6 Å². The molecule has 2 aromatic carbocycles. The molecule has 2 fully saturated rings. The minimum absolute atomic E-state index is 0.00641. The maximum atomic E-state index is 13.5. The second kappa shape index (κ2) is 10.9. The summed E-state index contributed by atoms with van der Waals surface area (Å²) in [4.78, 5) is 12.5. The summed E-state index contributed by atoms with van der Waals surface area (Å²) in [6.45, 7) is 4.04. The predicted octanol–water partition coefficient (Wildman–Crippen LogP) is 6.05. The van der Waals surface area contributed by atoms with Gasteiger partial charge in [0.15, 0.2) is 5.84 Å². The number of hydrogen-bond acceptors (Lipinski definition) is 8. The third kappa shape index (κ3) is 5.48. The summed E-state index contributed by atoms with van der Waals surface area (Å²) in [5.41, 5.74) is 1.62. The lowest BCUT2D eigenvalue weighted by molar-refractivity contribution is -0.138. The van der Waals surface area contributed by atoms with E-state index in [9.17, 15) is 21.6 Å². The number of imidazole rings is 1. The summed E-state index contributed by atoms with van der Waals surface area (Å²) >= 11 is 1.83. The number of aryl methyl sites for hydroxylation is 1. The third-order valence-electron chi connectivity index (χ3n) is 8.63. The van der Waals surface area contributed by atoms with Crippen LogP contribution in [-0.2, 0) is 26.6 Å². The summed E-state index contributed by atoms with van der Waals surface area (Å²) in [5.74, 6) is 2.99. The third-order valence-corrected chi connectivity index (χ3v) is 11.9. The molecule has 8 nitrogen and oxygen atoms in total. The van der Waals surface area contributed by atoms with Crippen molar-refractivity contribution in [3.63, 3.8) is 0 Å². The number of methoxy groups -OCH3 is 1. The molecule has 4 heterocycles. The molecule has 1 aromatic heterocycles. The second-order valence-electron chi connectivity index (χ2n) is 12.0. The molecule has 0 amide bonds. The Balaban J connectivity index is 1.42. The lowest BCUT2D eigenvalue weighted by Gasteiger charge is -2.52. The monoisotopic (exact) mass is 646 g/mol. The van der Waals surface area contributed by atoms with Gasteiger partial charge in [0.25, 0.3) is 0 Å². The molecule has 1 spiro atoms. The molecule has 3 aliphatic rings. The van der Waals surface area contributed by atoms with Gasteiger partial charge in [-0.25, -0.2) is 13.4 Å². The highest BCUT2D eigenvalue weighted by Crippen LogP contribution is 2.53. The zero-order valence-corrected chi connectivity index (χ0v) is 26.4. The molecule has 2 atom stereocenters. The molecule has 0 saturated carbocycles. The summed E-state index contributed by atoms with van der Waals surface area (Å²) in [6.07, 6.45) is 3.05. The van der Waals surface area contributed by atoms with Crippen LogP contribution in [0.2, 0.25) is 0 Å². The van der Waals surface area contributed by atoms with Gasteiger partial charge in [0.1, 0.15) is 15.6 Å². The first-order valence-corrected chi connectivity index (χ1v) is 17.2. The molecule has 44 heavy (non-hydrogen) atoms. The molecule has 234 valence electrons. The number of benzene rings is 2. The van der Waals surface area contributed by atoms with Crippen LogP contribution < -0.4 is 4.74 Å². The van der Waals surface area contributed by atoms with E-state index in [0.29, 0.717) is 23.7 Å². The van der Waals surface area contributed by atoms with Crippen LogP contribution in [0.15, 0.2) is 65.7 Å². The maximum absolute atomic E-state index is 13.5. The van der Waals surface area contributed by atoms with Crippen molar-refractivity contribution in [3.05, 3.63) is 82.9 Å². The summed E-state index contributed by atoms with van der Waals surface area (Å²) in [6, 6.07) is 10.6. The fourth-order valence-corrected chi connectivity index (χ4v) is 7.78. The fourth-order valence-electron chi connectivity index (χ4n) is 6.08. The first-order valence-electron chi connectivity index (χ1n) is 14.1. The highest BCUT2D eigenvalue weighted by molar-refractivity contribution is 8.00. The van der Waals surface area contributed by atoms with Gasteiger partial charge >= 0.3 is 6.18 Å². The van der Waals surface area contributed by atoms with E-state index in [-0.39, 0.29) is 11.8 Å². The van der Waals surface area contributed by atoms with E-state index in [2.05, 4.69) is 10.1 Å². The number of fused-ring (bicyclic) bond motifs is 1. The van der Waals surface area contributed by atoms with Crippen molar-refractivity contribution in [3.8, 4) is 11.4 Å². The molecule has 2 saturated heterocycles. The molecule has 0 radical (unpaired) electrons. The van der Waals surface area contributed by atoms with Crippen molar-refractivity contribution in [2.75, 3.05) is 31.4 Å². The van der Waals surface area contributed by atoms with Crippen LogP contribution in [0.25, 0.3) is 11.8 Å². The number of oxime groups is 1. The average molecular weight is 647 g/mol. The second-order valence-corrected chi connectivity index (χ2v) is 15.4. The van der Waals surface area contributed by atoms with Gasteiger partial charge in [-0.2, -0.15) is 24.9 Å². The van der Waals surface area contributed by atoms with Gasteiger partial charge in [-0.1, -0.05) is 23.4 Å². The molecule has 0 bridgehead atoms. The lowest BCUT2D eigenvalue weighted by Crippen LogP contribution is -2.59. The van der Waals surface area contributed by atoms with Crippen LogP contribution in [-0.4, -0.2) is 65.4 Å². The topological polar surface area (TPSA) is 86.0 Å². The zero-order chi connectivity index (χ0) is 31.5. The molecule has 0 aliphatic carbocycles. The first-order chi connectivity index (χ1) is 20.7. The van der Waals surface area contributed by atoms with Crippen LogP contribution in [0.3, 0.4) is 0 Å². The number of thioether (sulfide) groups is 1. The molecular formula is C31H33F3N4O4S2. The van der Waals surface area contributed by atoms with E-state index in [1.54, 1.807) is 20.4 Å². The number of nitrogens with zero attached hydrogens (tertiary/aromatic N) is 4. The minimum Gasteiger partial charge on any atom is -0.495 e. The molecule has 3 aromatic rings. The number of hydrogen-bond donors (Lipinski definition) is 0. The molecular weight excluding hydrogens is 613 g/mol. The van der Waals surface area contributed by atoms with E-state index in [1.165, 1.54) is 12.1 Å². The van der Waals surface area contributed by atoms with Gasteiger partial charge < -0.3 is 19.0 Å². The van der Waals surface area contributed by atoms with Crippen LogP contribution in [0.5, 0.6) is 5.75 Å². The van der Waals surface area contributed by atoms with Crippen molar-refractivity contribution in [1.29, 1.82) is 0 Å². The number of sulfone groups is 1. The Morgan fingerprint density at radius 1 is 1.18 bits per heavy atom.